The van der Waals surface area contributed by atoms with E-state index in [4.69, 9.17) is 16.7 Å². The lowest BCUT2D eigenvalue weighted by Crippen LogP contribution is -2.18. The molecule has 0 aliphatic rings. The van der Waals surface area contributed by atoms with E-state index in [9.17, 15) is 4.79 Å². The molecular formula is C13H13BrClN3O2. The quantitative estimate of drug-likeness (QED) is 0.889. The van der Waals surface area contributed by atoms with Gasteiger partial charge in [-0.2, -0.15) is 0 Å². The molecule has 0 fully saturated rings. The summed E-state index contributed by atoms with van der Waals surface area (Å²) in [5.74, 6) is -0.820. The van der Waals surface area contributed by atoms with Gasteiger partial charge in [0.05, 0.1) is 10.7 Å². The van der Waals surface area contributed by atoms with Crippen molar-refractivity contribution in [3.05, 3.63) is 39.3 Å². The highest BCUT2D eigenvalue weighted by molar-refractivity contribution is 9.10. The standard InChI is InChI=1S/C13H13BrClN3O2/c1-13(2,3)12-16-10(11(19)20)17-18(12)7-4-5-8(14)9(15)6-7/h4-6H,1-3H3,(H,19,20). The third-order valence-electron chi connectivity index (χ3n) is 2.62. The van der Waals surface area contributed by atoms with E-state index >= 15 is 0 Å². The molecular weight excluding hydrogens is 346 g/mol. The zero-order valence-electron chi connectivity index (χ0n) is 11.2. The maximum Gasteiger partial charge on any atom is 0.375 e. The third-order valence-corrected chi connectivity index (χ3v) is 3.85. The molecule has 0 bridgehead atoms. The van der Waals surface area contributed by atoms with Crippen LogP contribution in [0.2, 0.25) is 5.02 Å². The van der Waals surface area contributed by atoms with Gasteiger partial charge in [-0.15, -0.1) is 5.10 Å². The lowest BCUT2D eigenvalue weighted by atomic mass is 9.95. The SMILES string of the molecule is CC(C)(C)c1nc(C(=O)O)nn1-c1ccc(Br)c(Cl)c1. The van der Waals surface area contributed by atoms with Gasteiger partial charge >= 0.3 is 5.97 Å². The molecule has 0 spiro atoms. The molecule has 0 amide bonds. The van der Waals surface area contributed by atoms with Gasteiger partial charge in [0.1, 0.15) is 5.82 Å². The van der Waals surface area contributed by atoms with E-state index in [-0.39, 0.29) is 11.2 Å². The highest BCUT2D eigenvalue weighted by atomic mass is 79.9. The van der Waals surface area contributed by atoms with E-state index in [0.29, 0.717) is 16.5 Å². The molecule has 1 N–H and O–H groups in total. The van der Waals surface area contributed by atoms with Crippen LogP contribution >= 0.6 is 27.5 Å². The van der Waals surface area contributed by atoms with Crippen molar-refractivity contribution in [3.8, 4) is 5.69 Å². The van der Waals surface area contributed by atoms with Gasteiger partial charge in [-0.1, -0.05) is 32.4 Å². The van der Waals surface area contributed by atoms with Crippen LogP contribution in [0.25, 0.3) is 5.69 Å². The molecule has 0 aliphatic carbocycles. The molecule has 2 rings (SSSR count). The predicted molar refractivity (Wildman–Crippen MR) is 79.7 cm³/mol. The van der Waals surface area contributed by atoms with Gasteiger partial charge in [0.25, 0.3) is 5.82 Å². The fourth-order valence-corrected chi connectivity index (χ4v) is 2.11. The zero-order chi connectivity index (χ0) is 15.1. The number of aromatic carboxylic acids is 1. The molecule has 0 atom stereocenters. The summed E-state index contributed by atoms with van der Waals surface area (Å²) in [6.07, 6.45) is 0. The number of hydrogen-bond donors (Lipinski definition) is 1. The number of carboxylic acids is 1. The number of nitrogens with zero attached hydrogens (tertiary/aromatic N) is 3. The van der Waals surface area contributed by atoms with Gasteiger partial charge in [-0.05, 0) is 34.1 Å². The molecule has 1 heterocycles. The van der Waals surface area contributed by atoms with Crippen LogP contribution in [-0.2, 0) is 5.41 Å². The molecule has 1 aromatic heterocycles. The molecule has 2 aromatic rings. The van der Waals surface area contributed by atoms with Crippen molar-refractivity contribution in [1.82, 2.24) is 14.8 Å². The van der Waals surface area contributed by atoms with E-state index in [0.717, 1.165) is 4.47 Å². The second-order valence-corrected chi connectivity index (χ2v) is 6.59. The minimum Gasteiger partial charge on any atom is -0.475 e. The Labute approximate surface area is 129 Å². The van der Waals surface area contributed by atoms with Crippen LogP contribution in [0.1, 0.15) is 37.2 Å². The largest absolute Gasteiger partial charge is 0.475 e. The van der Waals surface area contributed by atoms with E-state index in [1.807, 2.05) is 20.8 Å². The zero-order valence-corrected chi connectivity index (χ0v) is 13.5. The lowest BCUT2D eigenvalue weighted by molar-refractivity contribution is 0.0683. The molecule has 20 heavy (non-hydrogen) atoms. The number of carbonyl (C=O) groups is 1. The second kappa shape index (κ2) is 5.18. The summed E-state index contributed by atoms with van der Waals surface area (Å²) in [5, 5.41) is 13.6. The van der Waals surface area contributed by atoms with Gasteiger partial charge in [0, 0.05) is 9.89 Å². The van der Waals surface area contributed by atoms with Crippen LogP contribution in [0.3, 0.4) is 0 Å². The first-order valence-corrected chi connectivity index (χ1v) is 7.03. The first-order valence-electron chi connectivity index (χ1n) is 5.86. The number of hydrogen-bond acceptors (Lipinski definition) is 3. The van der Waals surface area contributed by atoms with Crippen molar-refractivity contribution in [1.29, 1.82) is 0 Å². The van der Waals surface area contributed by atoms with Gasteiger partial charge in [0.2, 0.25) is 0 Å². The molecule has 0 saturated carbocycles. The summed E-state index contributed by atoms with van der Waals surface area (Å²) < 4.78 is 2.28. The van der Waals surface area contributed by atoms with E-state index in [2.05, 4.69) is 26.0 Å². The van der Waals surface area contributed by atoms with Crippen LogP contribution in [0.4, 0.5) is 0 Å². The Bertz CT molecular complexity index is 677. The molecule has 5 nitrogen and oxygen atoms in total. The smallest absolute Gasteiger partial charge is 0.375 e. The Morgan fingerprint density at radius 1 is 1.40 bits per heavy atom. The van der Waals surface area contributed by atoms with Crippen molar-refractivity contribution in [2.45, 2.75) is 26.2 Å². The highest BCUT2D eigenvalue weighted by Gasteiger charge is 2.26. The lowest BCUT2D eigenvalue weighted by Gasteiger charge is -2.18. The molecule has 0 radical (unpaired) electrons. The Morgan fingerprint density at radius 2 is 2.05 bits per heavy atom. The van der Waals surface area contributed by atoms with Crippen LogP contribution < -0.4 is 0 Å². The average molecular weight is 359 g/mol. The minimum absolute atomic E-state index is 0.228. The molecule has 7 heteroatoms. The maximum atomic E-state index is 11.1. The molecule has 0 unspecified atom stereocenters. The van der Waals surface area contributed by atoms with Crippen molar-refractivity contribution in [2.75, 3.05) is 0 Å². The number of halogens is 2. The second-order valence-electron chi connectivity index (χ2n) is 5.32. The Kier molecular flexibility index (Phi) is 3.88. The summed E-state index contributed by atoms with van der Waals surface area (Å²) in [4.78, 5) is 15.2. The molecule has 1 aromatic carbocycles. The first kappa shape index (κ1) is 15.0. The number of aromatic nitrogens is 3. The van der Waals surface area contributed by atoms with Gasteiger partial charge in [-0.3, -0.25) is 0 Å². The van der Waals surface area contributed by atoms with Crippen molar-refractivity contribution in [3.63, 3.8) is 0 Å². The van der Waals surface area contributed by atoms with E-state index in [1.54, 1.807) is 18.2 Å². The Hall–Kier alpha value is -1.40. The maximum absolute atomic E-state index is 11.1. The van der Waals surface area contributed by atoms with Crippen molar-refractivity contribution < 1.29 is 9.90 Å². The van der Waals surface area contributed by atoms with Crippen LogP contribution in [0, 0.1) is 0 Å². The summed E-state index contributed by atoms with van der Waals surface area (Å²) in [6.45, 7) is 5.83. The fourth-order valence-electron chi connectivity index (χ4n) is 1.68. The first-order chi connectivity index (χ1) is 9.20. The number of carboxylic acid groups (broad SMARTS) is 1. The summed E-state index contributed by atoms with van der Waals surface area (Å²) in [7, 11) is 0. The summed E-state index contributed by atoms with van der Waals surface area (Å²) in [5.41, 5.74) is 0.323. The predicted octanol–water partition coefficient (Wildman–Crippen LogP) is 3.68. The fraction of sp³-hybridized carbons (Fsp3) is 0.308. The Balaban J connectivity index is 2.65. The van der Waals surface area contributed by atoms with Crippen LogP contribution in [0.5, 0.6) is 0 Å². The molecule has 0 aliphatic heterocycles. The summed E-state index contributed by atoms with van der Waals surface area (Å²) in [6, 6.07) is 5.29. The Morgan fingerprint density at radius 3 is 2.55 bits per heavy atom. The third kappa shape index (κ3) is 2.86. The number of benzene rings is 1. The topological polar surface area (TPSA) is 68.0 Å². The monoisotopic (exact) mass is 357 g/mol. The van der Waals surface area contributed by atoms with Crippen molar-refractivity contribution in [2.24, 2.45) is 0 Å². The van der Waals surface area contributed by atoms with Crippen LogP contribution in [-0.4, -0.2) is 25.8 Å². The van der Waals surface area contributed by atoms with Crippen molar-refractivity contribution >= 4 is 33.5 Å². The highest BCUT2D eigenvalue weighted by Crippen LogP contribution is 2.28. The summed E-state index contributed by atoms with van der Waals surface area (Å²) >= 11 is 9.39. The van der Waals surface area contributed by atoms with Gasteiger partial charge in [-0.25, -0.2) is 14.5 Å². The van der Waals surface area contributed by atoms with Crippen LogP contribution in [0.15, 0.2) is 22.7 Å². The molecule has 106 valence electrons. The van der Waals surface area contributed by atoms with E-state index < -0.39 is 5.97 Å². The molecule has 0 saturated heterocycles. The van der Waals surface area contributed by atoms with Gasteiger partial charge < -0.3 is 5.11 Å². The van der Waals surface area contributed by atoms with E-state index in [1.165, 1.54) is 4.68 Å². The number of rotatable bonds is 2. The minimum atomic E-state index is -1.16. The van der Waals surface area contributed by atoms with Gasteiger partial charge in [0.15, 0.2) is 0 Å². The normalized spacial score (nSPS) is 11.7. The average Bonchev–Trinajstić information content (AvgIpc) is 2.77.